The van der Waals surface area contributed by atoms with Crippen LogP contribution in [0.3, 0.4) is 0 Å². The van der Waals surface area contributed by atoms with Gasteiger partial charge in [-0.2, -0.15) is 0 Å². The smallest absolute Gasteiger partial charge is 0.122 e. The van der Waals surface area contributed by atoms with E-state index in [1.165, 1.54) is 10.6 Å². The first-order chi connectivity index (χ1) is 8.93. The molecule has 19 heavy (non-hydrogen) atoms. The molecule has 1 N–H and O–H groups in total. The molecule has 0 saturated heterocycles. The summed E-state index contributed by atoms with van der Waals surface area (Å²) in [5, 5.41) is 4.60. The minimum Gasteiger partial charge on any atom is -0.372 e. The van der Waals surface area contributed by atoms with Gasteiger partial charge in [-0.1, -0.05) is 27.7 Å². The van der Waals surface area contributed by atoms with Crippen LogP contribution < -0.4 is 5.32 Å². The fourth-order valence-electron chi connectivity index (χ4n) is 1.88. The molecule has 0 amide bonds. The van der Waals surface area contributed by atoms with Crippen molar-refractivity contribution in [2.75, 3.05) is 6.61 Å². The van der Waals surface area contributed by atoms with Crippen LogP contribution in [0.15, 0.2) is 0 Å². The molecule has 1 aromatic rings. The van der Waals surface area contributed by atoms with E-state index in [1.54, 1.807) is 11.3 Å². The van der Waals surface area contributed by atoms with Crippen LogP contribution in [0.25, 0.3) is 0 Å². The molecule has 1 atom stereocenters. The van der Waals surface area contributed by atoms with Gasteiger partial charge in [-0.3, -0.25) is 0 Å². The molecule has 110 valence electrons. The molecule has 3 nitrogen and oxygen atoms in total. The van der Waals surface area contributed by atoms with E-state index >= 15 is 0 Å². The van der Waals surface area contributed by atoms with Crippen LogP contribution >= 0.6 is 11.3 Å². The van der Waals surface area contributed by atoms with E-state index in [4.69, 9.17) is 9.72 Å². The van der Waals surface area contributed by atoms with Crippen LogP contribution in [0.2, 0.25) is 0 Å². The zero-order chi connectivity index (χ0) is 14.4. The third-order valence-corrected chi connectivity index (χ3v) is 4.09. The van der Waals surface area contributed by atoms with Gasteiger partial charge in [-0.25, -0.2) is 4.98 Å². The zero-order valence-corrected chi connectivity index (χ0v) is 13.9. The van der Waals surface area contributed by atoms with Crippen LogP contribution in [0.5, 0.6) is 0 Å². The van der Waals surface area contributed by atoms with Gasteiger partial charge in [0.15, 0.2) is 0 Å². The van der Waals surface area contributed by atoms with Crippen molar-refractivity contribution in [3.63, 3.8) is 0 Å². The summed E-state index contributed by atoms with van der Waals surface area (Å²) in [5.41, 5.74) is 1.25. The predicted molar refractivity (Wildman–Crippen MR) is 82.7 cm³/mol. The van der Waals surface area contributed by atoms with Crippen molar-refractivity contribution in [3.05, 3.63) is 15.6 Å². The number of thiazole rings is 1. The van der Waals surface area contributed by atoms with Gasteiger partial charge >= 0.3 is 0 Å². The van der Waals surface area contributed by atoms with E-state index in [-0.39, 0.29) is 6.10 Å². The summed E-state index contributed by atoms with van der Waals surface area (Å²) in [6.07, 6.45) is 1.15. The maximum atomic E-state index is 5.65. The predicted octanol–water partition coefficient (Wildman–Crippen LogP) is 3.94. The second-order valence-electron chi connectivity index (χ2n) is 5.65. The summed E-state index contributed by atoms with van der Waals surface area (Å²) in [6, 6.07) is 0.502. The highest BCUT2D eigenvalue weighted by Gasteiger charge is 2.16. The van der Waals surface area contributed by atoms with Gasteiger partial charge in [-0.05, 0) is 26.2 Å². The lowest BCUT2D eigenvalue weighted by molar-refractivity contribution is 0.0761. The van der Waals surface area contributed by atoms with E-state index in [0.717, 1.165) is 24.6 Å². The summed E-state index contributed by atoms with van der Waals surface area (Å²) in [5.74, 6) is 0.634. The molecule has 4 heteroatoms. The summed E-state index contributed by atoms with van der Waals surface area (Å²) in [7, 11) is 0. The lowest BCUT2D eigenvalue weighted by Gasteiger charge is -2.08. The Bertz CT molecular complexity index is 374. The minimum absolute atomic E-state index is 0.105. The molecule has 1 heterocycles. The number of nitrogens with one attached hydrogen (secondary N) is 1. The van der Waals surface area contributed by atoms with Gasteiger partial charge in [0.05, 0.1) is 5.69 Å². The molecule has 0 aliphatic rings. The number of hydrogen-bond donors (Lipinski definition) is 1. The average Bonchev–Trinajstić information content (AvgIpc) is 2.69. The van der Waals surface area contributed by atoms with E-state index in [0.29, 0.717) is 12.0 Å². The molecule has 1 rings (SSSR count). The summed E-state index contributed by atoms with van der Waals surface area (Å²) >= 11 is 1.79. The second-order valence-corrected chi connectivity index (χ2v) is 6.77. The standard InChI is InChI=1S/C15H28N2OS/c1-7-18-12(6)15-17-13(8-10(2)3)14(19-15)9-16-11(4)5/h10-12,16H,7-9H2,1-6H3. The highest BCUT2D eigenvalue weighted by atomic mass is 32.1. The van der Waals surface area contributed by atoms with Crippen LogP contribution in [-0.2, 0) is 17.7 Å². The number of aromatic nitrogens is 1. The van der Waals surface area contributed by atoms with E-state index in [1.807, 2.05) is 6.92 Å². The molecule has 0 fully saturated rings. The first kappa shape index (κ1) is 16.6. The van der Waals surface area contributed by atoms with Crippen molar-refractivity contribution < 1.29 is 4.74 Å². The molecule has 0 saturated carbocycles. The molecule has 0 radical (unpaired) electrons. The fourth-order valence-corrected chi connectivity index (χ4v) is 2.92. The van der Waals surface area contributed by atoms with Crippen LogP contribution in [-0.4, -0.2) is 17.6 Å². The van der Waals surface area contributed by atoms with E-state index in [2.05, 4.69) is 39.9 Å². The molecular weight excluding hydrogens is 256 g/mol. The van der Waals surface area contributed by atoms with Crippen LogP contribution in [0.1, 0.15) is 63.2 Å². The number of rotatable bonds is 8. The maximum absolute atomic E-state index is 5.65. The van der Waals surface area contributed by atoms with Gasteiger partial charge in [0.1, 0.15) is 11.1 Å². The van der Waals surface area contributed by atoms with Crippen molar-refractivity contribution >= 4 is 11.3 Å². The Labute approximate surface area is 121 Å². The Morgan fingerprint density at radius 3 is 2.42 bits per heavy atom. The first-order valence-electron chi connectivity index (χ1n) is 7.27. The lowest BCUT2D eigenvalue weighted by atomic mass is 10.1. The molecule has 0 aliphatic carbocycles. The Hall–Kier alpha value is -0.450. The second kappa shape index (κ2) is 7.98. The average molecular weight is 284 g/mol. The monoisotopic (exact) mass is 284 g/mol. The number of nitrogens with zero attached hydrogens (tertiary/aromatic N) is 1. The number of hydrogen-bond acceptors (Lipinski definition) is 4. The molecular formula is C15H28N2OS. The van der Waals surface area contributed by atoms with E-state index < -0.39 is 0 Å². The van der Waals surface area contributed by atoms with Crippen molar-refractivity contribution in [1.29, 1.82) is 0 Å². The van der Waals surface area contributed by atoms with Crippen molar-refractivity contribution in [3.8, 4) is 0 Å². The molecule has 0 bridgehead atoms. The molecule has 0 aliphatic heterocycles. The van der Waals surface area contributed by atoms with Gasteiger partial charge < -0.3 is 10.1 Å². The SMILES string of the molecule is CCOC(C)c1nc(CC(C)C)c(CNC(C)C)s1. The fraction of sp³-hybridized carbons (Fsp3) is 0.800. The van der Waals surface area contributed by atoms with Crippen molar-refractivity contribution in [1.82, 2.24) is 10.3 Å². The summed E-state index contributed by atoms with van der Waals surface area (Å²) < 4.78 is 5.65. The number of ether oxygens (including phenoxy) is 1. The molecule has 1 aromatic heterocycles. The largest absolute Gasteiger partial charge is 0.372 e. The van der Waals surface area contributed by atoms with Gasteiger partial charge in [0, 0.05) is 24.1 Å². The van der Waals surface area contributed by atoms with Gasteiger partial charge in [0.2, 0.25) is 0 Å². The van der Waals surface area contributed by atoms with Crippen molar-refractivity contribution in [2.45, 2.75) is 66.7 Å². The Balaban J connectivity index is 2.84. The van der Waals surface area contributed by atoms with Gasteiger partial charge in [0.25, 0.3) is 0 Å². The highest BCUT2D eigenvalue weighted by Crippen LogP contribution is 2.27. The normalized spacial score (nSPS) is 13.5. The Morgan fingerprint density at radius 1 is 1.21 bits per heavy atom. The lowest BCUT2D eigenvalue weighted by Crippen LogP contribution is -2.22. The topological polar surface area (TPSA) is 34.1 Å². The third kappa shape index (κ3) is 5.59. The highest BCUT2D eigenvalue weighted by molar-refractivity contribution is 7.11. The van der Waals surface area contributed by atoms with Crippen LogP contribution in [0, 0.1) is 5.92 Å². The molecule has 0 spiro atoms. The summed E-state index contributed by atoms with van der Waals surface area (Å²) in [6.45, 7) is 14.6. The van der Waals surface area contributed by atoms with Crippen LogP contribution in [0.4, 0.5) is 0 Å². The van der Waals surface area contributed by atoms with E-state index in [9.17, 15) is 0 Å². The Morgan fingerprint density at radius 2 is 1.89 bits per heavy atom. The van der Waals surface area contributed by atoms with Gasteiger partial charge in [-0.15, -0.1) is 11.3 Å². The van der Waals surface area contributed by atoms with Crippen molar-refractivity contribution in [2.24, 2.45) is 5.92 Å². The zero-order valence-electron chi connectivity index (χ0n) is 13.1. The quantitative estimate of drug-likeness (QED) is 0.785. The molecule has 0 aromatic carbocycles. The first-order valence-corrected chi connectivity index (χ1v) is 8.09. The Kier molecular flexibility index (Phi) is 6.97. The third-order valence-electron chi connectivity index (χ3n) is 2.83. The molecule has 1 unspecified atom stereocenters. The maximum Gasteiger partial charge on any atom is 0.122 e. The minimum atomic E-state index is 0.105. The summed E-state index contributed by atoms with van der Waals surface area (Å²) in [4.78, 5) is 6.17.